The molecule has 1 fully saturated rings. The van der Waals surface area contributed by atoms with E-state index in [1.165, 1.54) is 4.31 Å². The van der Waals surface area contributed by atoms with Gasteiger partial charge in [0.05, 0.1) is 5.84 Å². The van der Waals surface area contributed by atoms with Gasteiger partial charge in [-0.1, -0.05) is 6.92 Å². The molecule has 1 aliphatic rings. The van der Waals surface area contributed by atoms with E-state index in [1.54, 1.807) is 4.31 Å². The predicted molar refractivity (Wildman–Crippen MR) is 77.3 cm³/mol. The Bertz CT molecular complexity index is 400. The predicted octanol–water partition coefficient (Wildman–Crippen LogP) is 1.000. The number of nitrogens with one attached hydrogen (secondary N) is 1. The van der Waals surface area contributed by atoms with E-state index in [0.29, 0.717) is 19.0 Å². The fourth-order valence-electron chi connectivity index (χ4n) is 2.23. The summed E-state index contributed by atoms with van der Waals surface area (Å²) in [4.78, 5) is 0. The highest BCUT2D eigenvalue weighted by atomic mass is 32.2. The van der Waals surface area contributed by atoms with Crippen molar-refractivity contribution in [2.45, 2.75) is 46.1 Å². The van der Waals surface area contributed by atoms with Crippen molar-refractivity contribution in [1.82, 2.24) is 8.61 Å². The van der Waals surface area contributed by atoms with E-state index in [1.807, 2.05) is 13.8 Å². The summed E-state index contributed by atoms with van der Waals surface area (Å²) in [5.74, 6) is 0.615. The number of nitrogens with two attached hydrogens (primary N) is 1. The number of nitrogens with zero attached hydrogens (tertiary/aromatic N) is 2. The molecular weight excluding hydrogens is 264 g/mol. The van der Waals surface area contributed by atoms with Gasteiger partial charge in [0.1, 0.15) is 0 Å². The van der Waals surface area contributed by atoms with Gasteiger partial charge in [-0.05, 0) is 32.6 Å². The molecule has 7 heteroatoms. The first-order chi connectivity index (χ1) is 8.75. The summed E-state index contributed by atoms with van der Waals surface area (Å²) in [5, 5.41) is 7.25. The molecule has 0 radical (unpaired) electrons. The molecule has 0 unspecified atom stereocenters. The lowest BCUT2D eigenvalue weighted by Crippen LogP contribution is -2.50. The molecule has 0 spiro atoms. The highest BCUT2D eigenvalue weighted by molar-refractivity contribution is 7.86. The quantitative estimate of drug-likeness (QED) is 0.565. The van der Waals surface area contributed by atoms with E-state index in [0.717, 1.165) is 12.8 Å². The van der Waals surface area contributed by atoms with Crippen molar-refractivity contribution >= 4 is 16.0 Å². The monoisotopic (exact) mass is 290 g/mol. The number of piperidine rings is 1. The summed E-state index contributed by atoms with van der Waals surface area (Å²) in [6.07, 6.45) is 2.11. The summed E-state index contributed by atoms with van der Waals surface area (Å²) < 4.78 is 28.2. The minimum atomic E-state index is -3.43. The zero-order valence-electron chi connectivity index (χ0n) is 12.1. The number of amidine groups is 1. The van der Waals surface area contributed by atoms with E-state index in [4.69, 9.17) is 11.1 Å². The summed E-state index contributed by atoms with van der Waals surface area (Å²) in [5.41, 5.74) is 5.33. The van der Waals surface area contributed by atoms with Crippen molar-refractivity contribution in [2.24, 2.45) is 11.7 Å². The van der Waals surface area contributed by atoms with E-state index < -0.39 is 10.2 Å². The van der Waals surface area contributed by atoms with Gasteiger partial charge in [0.25, 0.3) is 10.2 Å². The van der Waals surface area contributed by atoms with Crippen LogP contribution in [0.2, 0.25) is 0 Å². The molecule has 1 saturated heterocycles. The zero-order chi connectivity index (χ0) is 14.6. The minimum Gasteiger partial charge on any atom is -0.388 e. The van der Waals surface area contributed by atoms with Gasteiger partial charge in [0.15, 0.2) is 0 Å². The molecule has 1 aliphatic heterocycles. The fraction of sp³-hybridized carbons (Fsp3) is 0.917. The SMILES string of the molecule is CC1CCN(S(=O)(=O)N(CCC(=N)N)C(C)C)CC1. The van der Waals surface area contributed by atoms with Crippen LogP contribution in [0.1, 0.15) is 40.0 Å². The molecule has 19 heavy (non-hydrogen) atoms. The lowest BCUT2D eigenvalue weighted by molar-refractivity contribution is 0.254. The van der Waals surface area contributed by atoms with E-state index in [9.17, 15) is 8.42 Å². The molecule has 1 heterocycles. The molecule has 6 nitrogen and oxygen atoms in total. The average Bonchev–Trinajstić information content (AvgIpc) is 2.28. The second kappa shape index (κ2) is 6.67. The molecule has 1 rings (SSSR count). The van der Waals surface area contributed by atoms with Gasteiger partial charge < -0.3 is 5.73 Å². The first kappa shape index (κ1) is 16.4. The Labute approximate surface area is 116 Å². The number of hydrogen-bond acceptors (Lipinski definition) is 3. The van der Waals surface area contributed by atoms with Crippen molar-refractivity contribution < 1.29 is 8.42 Å². The number of hydrogen-bond donors (Lipinski definition) is 2. The molecule has 0 aromatic heterocycles. The molecule has 0 aromatic rings. The maximum absolute atomic E-state index is 12.6. The zero-order valence-corrected chi connectivity index (χ0v) is 12.9. The van der Waals surface area contributed by atoms with Gasteiger partial charge in [0.2, 0.25) is 0 Å². The smallest absolute Gasteiger partial charge is 0.282 e. The van der Waals surface area contributed by atoms with Gasteiger partial charge in [0, 0.05) is 32.1 Å². The van der Waals surface area contributed by atoms with Gasteiger partial charge in [-0.15, -0.1) is 0 Å². The lowest BCUT2D eigenvalue weighted by atomic mass is 10.0. The highest BCUT2D eigenvalue weighted by Gasteiger charge is 2.33. The Balaban J connectivity index is 2.78. The molecule has 0 amide bonds. The highest BCUT2D eigenvalue weighted by Crippen LogP contribution is 2.22. The largest absolute Gasteiger partial charge is 0.388 e. The van der Waals surface area contributed by atoms with Crippen molar-refractivity contribution in [3.8, 4) is 0 Å². The van der Waals surface area contributed by atoms with Crippen molar-refractivity contribution in [3.05, 3.63) is 0 Å². The van der Waals surface area contributed by atoms with Crippen LogP contribution < -0.4 is 5.73 Å². The fourth-order valence-corrected chi connectivity index (χ4v) is 4.06. The van der Waals surface area contributed by atoms with E-state index >= 15 is 0 Å². The van der Waals surface area contributed by atoms with Crippen LogP contribution in [0.3, 0.4) is 0 Å². The van der Waals surface area contributed by atoms with Crippen molar-refractivity contribution in [1.29, 1.82) is 5.41 Å². The van der Waals surface area contributed by atoms with E-state index in [-0.39, 0.29) is 24.8 Å². The molecule has 0 saturated carbocycles. The van der Waals surface area contributed by atoms with E-state index in [2.05, 4.69) is 6.92 Å². The van der Waals surface area contributed by atoms with Crippen LogP contribution in [0.25, 0.3) is 0 Å². The second-order valence-electron chi connectivity index (χ2n) is 5.57. The molecule has 0 aromatic carbocycles. The van der Waals surface area contributed by atoms with Crippen LogP contribution in [0.5, 0.6) is 0 Å². The molecular formula is C12H26N4O2S. The van der Waals surface area contributed by atoms with Crippen molar-refractivity contribution in [2.75, 3.05) is 19.6 Å². The normalized spacial score (nSPS) is 19.2. The first-order valence-electron chi connectivity index (χ1n) is 6.85. The topological polar surface area (TPSA) is 90.5 Å². The molecule has 3 N–H and O–H groups in total. The van der Waals surface area contributed by atoms with Crippen LogP contribution in [-0.2, 0) is 10.2 Å². The van der Waals surface area contributed by atoms with Crippen LogP contribution in [0.15, 0.2) is 0 Å². The third-order valence-corrected chi connectivity index (χ3v) is 5.76. The maximum atomic E-state index is 12.6. The van der Waals surface area contributed by atoms with Gasteiger partial charge in [-0.3, -0.25) is 5.41 Å². The average molecular weight is 290 g/mol. The Kier molecular flexibility index (Phi) is 5.76. The molecule has 0 bridgehead atoms. The Morgan fingerprint density at radius 1 is 1.42 bits per heavy atom. The van der Waals surface area contributed by atoms with Gasteiger partial charge in [-0.25, -0.2) is 0 Å². The summed E-state index contributed by atoms with van der Waals surface area (Å²) in [6.45, 7) is 7.31. The molecule has 0 aliphatic carbocycles. The van der Waals surface area contributed by atoms with Gasteiger partial charge >= 0.3 is 0 Å². The maximum Gasteiger partial charge on any atom is 0.282 e. The standard InChI is InChI=1S/C12H26N4O2S/c1-10(2)16(9-6-12(13)14)19(17,18)15-7-4-11(3)5-8-15/h10-11H,4-9H2,1-3H3,(H3,13,14). The lowest BCUT2D eigenvalue weighted by Gasteiger charge is -2.35. The van der Waals surface area contributed by atoms with Gasteiger partial charge in [-0.2, -0.15) is 17.0 Å². The number of rotatable bonds is 6. The second-order valence-corrected chi connectivity index (χ2v) is 7.45. The Hall–Kier alpha value is -0.660. The summed E-state index contributed by atoms with van der Waals surface area (Å²) >= 11 is 0. The third kappa shape index (κ3) is 4.43. The first-order valence-corrected chi connectivity index (χ1v) is 8.24. The van der Waals surface area contributed by atoms with Crippen LogP contribution in [0.4, 0.5) is 0 Å². The van der Waals surface area contributed by atoms with Crippen LogP contribution >= 0.6 is 0 Å². The Morgan fingerprint density at radius 2 is 1.95 bits per heavy atom. The molecule has 112 valence electrons. The van der Waals surface area contributed by atoms with Crippen molar-refractivity contribution in [3.63, 3.8) is 0 Å². The van der Waals surface area contributed by atoms with Crippen LogP contribution in [-0.4, -0.2) is 48.5 Å². The summed E-state index contributed by atoms with van der Waals surface area (Å²) in [7, 11) is -3.43. The summed E-state index contributed by atoms with van der Waals surface area (Å²) in [6, 6.07) is -0.122. The third-order valence-electron chi connectivity index (χ3n) is 3.54. The minimum absolute atomic E-state index is 0.0214. The van der Waals surface area contributed by atoms with Crippen LogP contribution in [0, 0.1) is 11.3 Å². The molecule has 0 atom stereocenters. The Morgan fingerprint density at radius 3 is 2.37 bits per heavy atom.